The minimum atomic E-state index is -0.533. The molecule has 122 valence electrons. The highest BCUT2D eigenvalue weighted by Gasteiger charge is 2.11. The first kappa shape index (κ1) is 15.7. The van der Waals surface area contributed by atoms with Gasteiger partial charge in [0.1, 0.15) is 13.2 Å². The number of hydrogen-bond donors (Lipinski definition) is 1. The van der Waals surface area contributed by atoms with E-state index < -0.39 is 6.09 Å². The van der Waals surface area contributed by atoms with Crippen LogP contribution in [0.3, 0.4) is 0 Å². The summed E-state index contributed by atoms with van der Waals surface area (Å²) in [5, 5.41) is 6.53. The van der Waals surface area contributed by atoms with E-state index in [0.717, 1.165) is 16.7 Å². The van der Waals surface area contributed by atoms with Gasteiger partial charge in [0.05, 0.1) is 0 Å². The lowest BCUT2D eigenvalue weighted by atomic mass is 10.1. The number of rotatable bonds is 5. The molecule has 0 fully saturated rings. The van der Waals surface area contributed by atoms with Crippen molar-refractivity contribution in [3.63, 3.8) is 0 Å². The number of amides is 1. The highest BCUT2D eigenvalue weighted by Crippen LogP contribution is 2.19. The summed E-state index contributed by atoms with van der Waals surface area (Å²) in [6, 6.07) is 17.2. The van der Waals surface area contributed by atoms with E-state index >= 15 is 0 Å². The van der Waals surface area contributed by atoms with E-state index in [0.29, 0.717) is 11.7 Å². The zero-order valence-corrected chi connectivity index (χ0v) is 13.2. The monoisotopic (exact) mass is 323 g/mol. The molecule has 1 aromatic heterocycles. The molecular weight excluding hydrogens is 306 g/mol. The predicted octanol–water partition coefficient (Wildman–Crippen LogP) is 3.47. The Balaban J connectivity index is 1.52. The molecule has 1 amide bonds. The second-order valence-corrected chi connectivity index (χ2v) is 5.24. The van der Waals surface area contributed by atoms with Crippen molar-refractivity contribution >= 4 is 6.09 Å². The second-order valence-electron chi connectivity index (χ2n) is 5.24. The fourth-order valence-electron chi connectivity index (χ4n) is 2.18. The lowest BCUT2D eigenvalue weighted by Gasteiger charge is -2.05. The van der Waals surface area contributed by atoms with Gasteiger partial charge in [0.15, 0.2) is 0 Å². The largest absolute Gasteiger partial charge is 0.445 e. The maximum absolute atomic E-state index is 11.7. The summed E-state index contributed by atoms with van der Waals surface area (Å²) < 4.78 is 10.3. The molecule has 6 nitrogen and oxygen atoms in total. The maximum Gasteiger partial charge on any atom is 0.407 e. The Morgan fingerprint density at radius 1 is 1.12 bits per heavy atom. The molecule has 0 spiro atoms. The molecule has 2 aromatic carbocycles. The van der Waals surface area contributed by atoms with Gasteiger partial charge in [-0.1, -0.05) is 59.8 Å². The Morgan fingerprint density at radius 2 is 1.88 bits per heavy atom. The number of carbonyl (C=O) groups is 1. The molecule has 6 heteroatoms. The van der Waals surface area contributed by atoms with Crippen LogP contribution < -0.4 is 5.32 Å². The van der Waals surface area contributed by atoms with Gasteiger partial charge >= 0.3 is 6.09 Å². The summed E-state index contributed by atoms with van der Waals surface area (Å²) in [6.45, 7) is 2.31. The third kappa shape index (κ3) is 3.98. The summed E-state index contributed by atoms with van der Waals surface area (Å²) in [7, 11) is 0. The highest BCUT2D eigenvalue weighted by atomic mass is 16.5. The molecule has 0 aliphatic heterocycles. The molecule has 1 heterocycles. The second kappa shape index (κ2) is 7.41. The molecule has 24 heavy (non-hydrogen) atoms. The lowest BCUT2D eigenvalue weighted by Crippen LogP contribution is -2.23. The van der Waals surface area contributed by atoms with Crippen LogP contribution in [0.1, 0.15) is 17.0 Å². The van der Waals surface area contributed by atoms with Crippen molar-refractivity contribution in [3.05, 3.63) is 71.6 Å². The van der Waals surface area contributed by atoms with Crippen molar-refractivity contribution in [2.24, 2.45) is 0 Å². The Morgan fingerprint density at radius 3 is 2.67 bits per heavy atom. The smallest absolute Gasteiger partial charge is 0.407 e. The average Bonchev–Trinajstić information content (AvgIpc) is 3.08. The average molecular weight is 323 g/mol. The quantitative estimate of drug-likeness (QED) is 0.778. The molecular formula is C18H17N3O3. The minimum absolute atomic E-state index is 0.118. The summed E-state index contributed by atoms with van der Waals surface area (Å²) >= 11 is 0. The van der Waals surface area contributed by atoms with Crippen LogP contribution in [0.4, 0.5) is 4.79 Å². The summed E-state index contributed by atoms with van der Waals surface area (Å²) in [5.74, 6) is 0.826. The van der Waals surface area contributed by atoms with Gasteiger partial charge in [-0.2, -0.15) is 4.98 Å². The Hall–Kier alpha value is -3.15. The molecule has 0 atom stereocenters. The van der Waals surface area contributed by atoms with E-state index in [2.05, 4.69) is 15.5 Å². The van der Waals surface area contributed by atoms with Gasteiger partial charge in [-0.15, -0.1) is 0 Å². The van der Waals surface area contributed by atoms with E-state index in [1.54, 1.807) is 0 Å². The number of ether oxygens (including phenoxy) is 1. The maximum atomic E-state index is 11.7. The van der Waals surface area contributed by atoms with Crippen LogP contribution in [0, 0.1) is 6.92 Å². The number of nitrogens with zero attached hydrogens (tertiary/aromatic N) is 2. The van der Waals surface area contributed by atoms with Crippen molar-refractivity contribution in [1.82, 2.24) is 15.5 Å². The molecule has 0 aliphatic rings. The van der Waals surface area contributed by atoms with Crippen LogP contribution in [0.25, 0.3) is 11.4 Å². The van der Waals surface area contributed by atoms with Crippen LogP contribution in [-0.2, 0) is 17.9 Å². The van der Waals surface area contributed by atoms with Crippen LogP contribution >= 0.6 is 0 Å². The third-order valence-electron chi connectivity index (χ3n) is 3.45. The number of benzene rings is 2. The van der Waals surface area contributed by atoms with Gasteiger partial charge in [-0.05, 0) is 18.1 Å². The van der Waals surface area contributed by atoms with Crippen molar-refractivity contribution < 1.29 is 14.1 Å². The first-order valence-corrected chi connectivity index (χ1v) is 7.55. The highest BCUT2D eigenvalue weighted by molar-refractivity contribution is 5.67. The van der Waals surface area contributed by atoms with Crippen molar-refractivity contribution in [3.8, 4) is 11.4 Å². The van der Waals surface area contributed by atoms with Crippen molar-refractivity contribution in [2.45, 2.75) is 20.1 Å². The minimum Gasteiger partial charge on any atom is -0.445 e. The Labute approximate surface area is 139 Å². The molecule has 0 radical (unpaired) electrons. The summed E-state index contributed by atoms with van der Waals surface area (Å²) in [4.78, 5) is 16.0. The Kier molecular flexibility index (Phi) is 4.86. The van der Waals surface area contributed by atoms with Crippen molar-refractivity contribution in [2.75, 3.05) is 0 Å². The van der Waals surface area contributed by atoms with Gasteiger partial charge < -0.3 is 14.6 Å². The van der Waals surface area contributed by atoms with E-state index in [-0.39, 0.29) is 13.2 Å². The fraction of sp³-hybridized carbons (Fsp3) is 0.167. The van der Waals surface area contributed by atoms with Gasteiger partial charge in [0.25, 0.3) is 0 Å². The first-order chi connectivity index (χ1) is 11.7. The topological polar surface area (TPSA) is 77.2 Å². The van der Waals surface area contributed by atoms with E-state index in [4.69, 9.17) is 9.26 Å². The molecule has 0 bridgehead atoms. The Bertz CT molecular complexity index is 815. The van der Waals surface area contributed by atoms with Gasteiger partial charge in [-0.25, -0.2) is 4.79 Å². The number of carbonyl (C=O) groups excluding carboxylic acids is 1. The molecule has 3 aromatic rings. The molecule has 0 unspecified atom stereocenters. The van der Waals surface area contributed by atoms with Gasteiger partial charge in [0, 0.05) is 5.56 Å². The zero-order valence-electron chi connectivity index (χ0n) is 13.2. The van der Waals surface area contributed by atoms with Gasteiger partial charge in [0.2, 0.25) is 11.7 Å². The molecule has 1 N–H and O–H groups in total. The predicted molar refractivity (Wildman–Crippen MR) is 87.9 cm³/mol. The summed E-state index contributed by atoms with van der Waals surface area (Å²) in [5.41, 5.74) is 2.88. The zero-order chi connectivity index (χ0) is 16.8. The standard InChI is InChI=1S/C18H17N3O3/c1-13-7-5-6-10-15(13)17-20-16(24-21-17)11-19-18(22)23-12-14-8-3-2-4-9-14/h2-10H,11-12H2,1H3,(H,19,22). The van der Waals surface area contributed by atoms with E-state index in [9.17, 15) is 4.79 Å². The molecule has 3 rings (SSSR count). The number of hydrogen-bond acceptors (Lipinski definition) is 5. The molecule has 0 aliphatic carbocycles. The number of nitrogens with one attached hydrogen (secondary N) is 1. The van der Waals surface area contributed by atoms with Crippen LogP contribution in [0.5, 0.6) is 0 Å². The first-order valence-electron chi connectivity index (χ1n) is 7.55. The fourth-order valence-corrected chi connectivity index (χ4v) is 2.18. The van der Waals surface area contributed by atoms with Crippen molar-refractivity contribution in [1.29, 1.82) is 0 Å². The number of aryl methyl sites for hydroxylation is 1. The molecule has 0 saturated heterocycles. The van der Waals surface area contributed by atoms with E-state index in [1.165, 1.54) is 0 Å². The van der Waals surface area contributed by atoms with Crippen LogP contribution in [0.15, 0.2) is 59.1 Å². The molecule has 0 saturated carbocycles. The third-order valence-corrected chi connectivity index (χ3v) is 3.45. The normalized spacial score (nSPS) is 10.4. The van der Waals surface area contributed by atoms with Crippen LogP contribution in [-0.4, -0.2) is 16.2 Å². The van der Waals surface area contributed by atoms with Crippen LogP contribution in [0.2, 0.25) is 0 Å². The van der Waals surface area contributed by atoms with Gasteiger partial charge in [-0.3, -0.25) is 0 Å². The lowest BCUT2D eigenvalue weighted by molar-refractivity contribution is 0.138. The van der Waals surface area contributed by atoms with E-state index in [1.807, 2.05) is 61.5 Å². The summed E-state index contributed by atoms with van der Waals surface area (Å²) in [6.07, 6.45) is -0.533. The number of alkyl carbamates (subject to hydrolysis) is 1. The SMILES string of the molecule is Cc1ccccc1-c1noc(CNC(=O)OCc2ccccc2)n1. The number of aromatic nitrogens is 2.